The van der Waals surface area contributed by atoms with Gasteiger partial charge in [-0.05, 0) is 42.7 Å². The van der Waals surface area contributed by atoms with Gasteiger partial charge in [-0.3, -0.25) is 0 Å². The zero-order chi connectivity index (χ0) is 14.9. The molecule has 1 aromatic carbocycles. The van der Waals surface area contributed by atoms with Crippen molar-refractivity contribution in [2.24, 2.45) is 0 Å². The van der Waals surface area contributed by atoms with Crippen LogP contribution < -0.4 is 10.0 Å². The molecule has 1 heterocycles. The summed E-state index contributed by atoms with van der Waals surface area (Å²) in [7, 11) is -3.42. The molecule has 0 saturated heterocycles. The standard InChI is InChI=1S/C15H22N2O2S2/c1-2-20-15-5-3-4-13(15)17-21(18,19)12-7-6-11-8-9-16-14(11)10-12/h6-7,10,13,15-17H,2-5,8-9H2,1H3. The highest BCUT2D eigenvalue weighted by atomic mass is 32.2. The molecule has 3 rings (SSSR count). The second-order valence-electron chi connectivity index (χ2n) is 5.65. The molecule has 4 nitrogen and oxygen atoms in total. The summed E-state index contributed by atoms with van der Waals surface area (Å²) < 4.78 is 28.1. The summed E-state index contributed by atoms with van der Waals surface area (Å²) >= 11 is 1.86. The van der Waals surface area contributed by atoms with Gasteiger partial charge in [0.15, 0.2) is 0 Å². The van der Waals surface area contributed by atoms with Crippen LogP contribution in [0.3, 0.4) is 0 Å². The van der Waals surface area contributed by atoms with Crippen molar-refractivity contribution < 1.29 is 8.42 Å². The lowest BCUT2D eigenvalue weighted by atomic mass is 10.2. The summed E-state index contributed by atoms with van der Waals surface area (Å²) in [5, 5.41) is 3.65. The van der Waals surface area contributed by atoms with Gasteiger partial charge >= 0.3 is 0 Å². The third kappa shape index (κ3) is 3.22. The molecule has 116 valence electrons. The van der Waals surface area contributed by atoms with Crippen LogP contribution in [-0.2, 0) is 16.4 Å². The molecular weight excluding hydrogens is 304 g/mol. The molecule has 1 saturated carbocycles. The monoisotopic (exact) mass is 326 g/mol. The number of anilines is 1. The minimum absolute atomic E-state index is 0.0705. The Labute approximate surface area is 131 Å². The van der Waals surface area contributed by atoms with Crippen LogP contribution in [0.4, 0.5) is 5.69 Å². The Morgan fingerprint density at radius 2 is 2.24 bits per heavy atom. The average molecular weight is 326 g/mol. The molecule has 1 fully saturated rings. The predicted molar refractivity (Wildman–Crippen MR) is 88.5 cm³/mol. The molecule has 0 amide bonds. The van der Waals surface area contributed by atoms with Gasteiger partial charge in [-0.1, -0.05) is 19.4 Å². The van der Waals surface area contributed by atoms with Crippen molar-refractivity contribution in [1.29, 1.82) is 0 Å². The first-order valence-corrected chi connectivity index (χ1v) is 10.1. The fourth-order valence-electron chi connectivity index (χ4n) is 3.18. The van der Waals surface area contributed by atoms with E-state index in [1.165, 1.54) is 5.56 Å². The fraction of sp³-hybridized carbons (Fsp3) is 0.600. The molecule has 2 aliphatic rings. The van der Waals surface area contributed by atoms with Gasteiger partial charge in [0, 0.05) is 23.5 Å². The minimum atomic E-state index is -3.42. The van der Waals surface area contributed by atoms with E-state index in [-0.39, 0.29) is 6.04 Å². The zero-order valence-corrected chi connectivity index (χ0v) is 13.9. The molecular formula is C15H22N2O2S2. The smallest absolute Gasteiger partial charge is 0.240 e. The molecule has 0 spiro atoms. The predicted octanol–water partition coefficient (Wildman–Crippen LogP) is 2.61. The van der Waals surface area contributed by atoms with Gasteiger partial charge in [-0.2, -0.15) is 11.8 Å². The molecule has 0 radical (unpaired) electrons. The van der Waals surface area contributed by atoms with Crippen molar-refractivity contribution in [3.05, 3.63) is 23.8 Å². The molecule has 2 N–H and O–H groups in total. The lowest BCUT2D eigenvalue weighted by Gasteiger charge is -2.20. The number of hydrogen-bond acceptors (Lipinski definition) is 4. The SMILES string of the molecule is CCSC1CCCC1NS(=O)(=O)c1ccc2c(c1)NCC2. The van der Waals surface area contributed by atoms with Gasteiger partial charge in [0.05, 0.1) is 4.90 Å². The number of thioether (sulfide) groups is 1. The maximum Gasteiger partial charge on any atom is 0.240 e. The molecule has 1 aliphatic carbocycles. The van der Waals surface area contributed by atoms with Crippen LogP contribution in [0.1, 0.15) is 31.7 Å². The van der Waals surface area contributed by atoms with Gasteiger partial charge in [-0.15, -0.1) is 0 Å². The fourth-order valence-corrected chi connectivity index (χ4v) is 5.80. The molecule has 2 unspecified atom stereocenters. The van der Waals surface area contributed by atoms with E-state index in [1.807, 2.05) is 17.8 Å². The molecule has 21 heavy (non-hydrogen) atoms. The van der Waals surface area contributed by atoms with E-state index in [9.17, 15) is 8.42 Å². The van der Waals surface area contributed by atoms with Crippen LogP contribution in [-0.4, -0.2) is 32.0 Å². The number of fused-ring (bicyclic) bond motifs is 1. The molecule has 1 aromatic rings. The number of nitrogens with one attached hydrogen (secondary N) is 2. The first-order valence-electron chi connectivity index (χ1n) is 7.61. The highest BCUT2D eigenvalue weighted by Crippen LogP contribution is 2.31. The van der Waals surface area contributed by atoms with E-state index in [0.717, 1.165) is 43.7 Å². The molecule has 0 aromatic heterocycles. The van der Waals surface area contributed by atoms with Crippen LogP contribution in [0.25, 0.3) is 0 Å². The number of benzene rings is 1. The Bertz CT molecular complexity index is 616. The van der Waals surface area contributed by atoms with Gasteiger partial charge < -0.3 is 5.32 Å². The average Bonchev–Trinajstić information content (AvgIpc) is 3.07. The second-order valence-corrected chi connectivity index (χ2v) is 8.88. The van der Waals surface area contributed by atoms with E-state index in [4.69, 9.17) is 0 Å². The summed E-state index contributed by atoms with van der Waals surface area (Å²) in [5.74, 6) is 1.03. The quantitative estimate of drug-likeness (QED) is 0.873. The van der Waals surface area contributed by atoms with Gasteiger partial charge in [0.2, 0.25) is 10.0 Å². The summed E-state index contributed by atoms with van der Waals surface area (Å²) in [6, 6.07) is 5.49. The maximum atomic E-state index is 12.6. The Morgan fingerprint density at radius 1 is 1.38 bits per heavy atom. The van der Waals surface area contributed by atoms with Crippen molar-refractivity contribution in [3.8, 4) is 0 Å². The topological polar surface area (TPSA) is 58.2 Å². The lowest BCUT2D eigenvalue weighted by molar-refractivity contribution is 0.555. The van der Waals surface area contributed by atoms with Crippen molar-refractivity contribution in [1.82, 2.24) is 4.72 Å². The van der Waals surface area contributed by atoms with Crippen LogP contribution in [0.5, 0.6) is 0 Å². The van der Waals surface area contributed by atoms with Crippen LogP contribution in [0.2, 0.25) is 0 Å². The minimum Gasteiger partial charge on any atom is -0.384 e. The third-order valence-corrected chi connectivity index (χ3v) is 7.05. The van der Waals surface area contributed by atoms with Crippen LogP contribution in [0, 0.1) is 0 Å². The summed E-state index contributed by atoms with van der Waals surface area (Å²) in [6.07, 6.45) is 4.13. The maximum absolute atomic E-state index is 12.6. The van der Waals surface area contributed by atoms with Gasteiger partial charge in [0.1, 0.15) is 0 Å². The summed E-state index contributed by atoms with van der Waals surface area (Å²) in [5.41, 5.74) is 2.16. The van der Waals surface area contributed by atoms with Crippen molar-refractivity contribution in [2.75, 3.05) is 17.6 Å². The Balaban J connectivity index is 1.77. The van der Waals surface area contributed by atoms with Crippen molar-refractivity contribution in [2.45, 2.75) is 48.8 Å². The van der Waals surface area contributed by atoms with Gasteiger partial charge in [-0.25, -0.2) is 13.1 Å². The highest BCUT2D eigenvalue weighted by molar-refractivity contribution is 8.00. The van der Waals surface area contributed by atoms with E-state index >= 15 is 0 Å². The molecule has 6 heteroatoms. The zero-order valence-electron chi connectivity index (χ0n) is 12.3. The highest BCUT2D eigenvalue weighted by Gasteiger charge is 2.31. The van der Waals surface area contributed by atoms with Crippen molar-refractivity contribution in [3.63, 3.8) is 0 Å². The Hall–Kier alpha value is -0.720. The van der Waals surface area contributed by atoms with E-state index in [1.54, 1.807) is 12.1 Å². The van der Waals surface area contributed by atoms with Crippen LogP contribution >= 0.6 is 11.8 Å². The molecule has 2 atom stereocenters. The second kappa shape index (κ2) is 6.18. The lowest BCUT2D eigenvalue weighted by Crippen LogP contribution is -2.38. The van der Waals surface area contributed by atoms with E-state index in [2.05, 4.69) is 17.0 Å². The van der Waals surface area contributed by atoms with Crippen molar-refractivity contribution >= 4 is 27.5 Å². The third-order valence-electron chi connectivity index (χ3n) is 4.24. The van der Waals surface area contributed by atoms with E-state index in [0.29, 0.717) is 10.1 Å². The number of sulfonamides is 1. The number of hydrogen-bond donors (Lipinski definition) is 2. The first kappa shape index (κ1) is 15.2. The Kier molecular flexibility index (Phi) is 4.47. The molecule has 1 aliphatic heterocycles. The molecule has 0 bridgehead atoms. The van der Waals surface area contributed by atoms with Crippen LogP contribution in [0.15, 0.2) is 23.1 Å². The Morgan fingerprint density at radius 3 is 3.05 bits per heavy atom. The largest absolute Gasteiger partial charge is 0.384 e. The summed E-state index contributed by atoms with van der Waals surface area (Å²) in [4.78, 5) is 0.378. The first-order chi connectivity index (χ1) is 10.1. The van der Waals surface area contributed by atoms with Gasteiger partial charge in [0.25, 0.3) is 0 Å². The summed E-state index contributed by atoms with van der Waals surface area (Å²) in [6.45, 7) is 3.02. The normalized spacial score (nSPS) is 24.8. The van der Waals surface area contributed by atoms with E-state index < -0.39 is 10.0 Å². The number of rotatable bonds is 5.